The monoisotopic (exact) mass is 489 g/mol. The molecule has 3 rings (SSSR count). The van der Waals surface area contributed by atoms with Gasteiger partial charge < -0.3 is 10.1 Å². The number of anilines is 1. The molecule has 0 radical (unpaired) electrons. The van der Waals surface area contributed by atoms with Crippen LogP contribution in [0.25, 0.3) is 6.08 Å². The summed E-state index contributed by atoms with van der Waals surface area (Å²) in [6.07, 6.45) is 2.48. The number of aromatic nitrogens is 3. The van der Waals surface area contributed by atoms with Crippen LogP contribution in [0, 0.1) is 0 Å². The molecule has 0 aliphatic carbocycles. The van der Waals surface area contributed by atoms with Crippen molar-refractivity contribution in [2.75, 3.05) is 11.9 Å². The molecule has 10 heteroatoms. The van der Waals surface area contributed by atoms with Gasteiger partial charge in [-0.3, -0.25) is 0 Å². The van der Waals surface area contributed by atoms with Gasteiger partial charge in [0.15, 0.2) is 5.82 Å². The van der Waals surface area contributed by atoms with E-state index in [2.05, 4.69) is 31.8 Å². The lowest BCUT2D eigenvalue weighted by Crippen LogP contribution is -2.08. The first-order valence-corrected chi connectivity index (χ1v) is 10.9. The lowest BCUT2D eigenvalue weighted by Gasteiger charge is -2.11. The van der Waals surface area contributed by atoms with Crippen LogP contribution in [-0.4, -0.2) is 33.1 Å². The Hall–Kier alpha value is -3.46. The number of nitrogens with zero attached hydrogens (tertiary/aromatic N) is 4. The number of aliphatic imine (C=N–C) groups is 1. The van der Waals surface area contributed by atoms with Crippen molar-refractivity contribution in [2.45, 2.75) is 31.3 Å². The van der Waals surface area contributed by atoms with Crippen LogP contribution < -0.4 is 10.1 Å². The smallest absolute Gasteiger partial charge is 0.417 e. The highest BCUT2D eigenvalue weighted by atomic mass is 35.5. The SMILES string of the molecule is C=Cc1c(N=CC(Cl)CC)ncnc1NCCc1ccc(Oc2ccc(C(F)(F)F)cn2)cc1. The normalized spacial score (nSPS) is 12.5. The summed E-state index contributed by atoms with van der Waals surface area (Å²) >= 11 is 6.09. The van der Waals surface area contributed by atoms with Gasteiger partial charge in [0.2, 0.25) is 5.88 Å². The fraction of sp³-hybridized carbons (Fsp3) is 0.250. The van der Waals surface area contributed by atoms with Crippen molar-refractivity contribution >= 4 is 35.5 Å². The van der Waals surface area contributed by atoms with Gasteiger partial charge in [-0.05, 0) is 36.6 Å². The minimum atomic E-state index is -4.43. The number of ether oxygens (including phenoxy) is 1. The molecule has 0 aliphatic rings. The number of alkyl halides is 4. The largest absolute Gasteiger partial charge is 0.439 e. The van der Waals surface area contributed by atoms with Crippen LogP contribution in [0.4, 0.5) is 24.8 Å². The third-order valence-electron chi connectivity index (χ3n) is 4.73. The first kappa shape index (κ1) is 25.2. The molecule has 34 heavy (non-hydrogen) atoms. The Bertz CT molecular complexity index is 1120. The highest BCUT2D eigenvalue weighted by molar-refractivity contribution is 6.28. The summed E-state index contributed by atoms with van der Waals surface area (Å²) in [6, 6.07) is 9.33. The van der Waals surface area contributed by atoms with Crippen molar-refractivity contribution in [3.8, 4) is 11.6 Å². The maximum absolute atomic E-state index is 12.6. The molecule has 0 fully saturated rings. The number of hydrogen-bond donors (Lipinski definition) is 1. The van der Waals surface area contributed by atoms with E-state index in [4.69, 9.17) is 16.3 Å². The average molecular weight is 490 g/mol. The quantitative estimate of drug-likeness (QED) is 0.253. The highest BCUT2D eigenvalue weighted by Gasteiger charge is 2.30. The average Bonchev–Trinajstić information content (AvgIpc) is 2.83. The Morgan fingerprint density at radius 1 is 1.15 bits per heavy atom. The summed E-state index contributed by atoms with van der Waals surface area (Å²) in [7, 11) is 0. The summed E-state index contributed by atoms with van der Waals surface area (Å²) in [4.78, 5) is 16.5. The van der Waals surface area contributed by atoms with Crippen LogP contribution >= 0.6 is 11.6 Å². The van der Waals surface area contributed by atoms with Gasteiger partial charge in [0.25, 0.3) is 0 Å². The number of pyridine rings is 1. The number of rotatable bonds is 10. The Kier molecular flexibility index (Phi) is 8.59. The highest BCUT2D eigenvalue weighted by Crippen LogP contribution is 2.30. The lowest BCUT2D eigenvalue weighted by atomic mass is 10.1. The Morgan fingerprint density at radius 3 is 2.53 bits per heavy atom. The van der Waals surface area contributed by atoms with Crippen LogP contribution in [-0.2, 0) is 12.6 Å². The molecule has 1 N–H and O–H groups in total. The molecule has 0 saturated heterocycles. The van der Waals surface area contributed by atoms with Crippen LogP contribution in [0.2, 0.25) is 0 Å². The molecule has 1 atom stereocenters. The Morgan fingerprint density at radius 2 is 1.91 bits per heavy atom. The van der Waals surface area contributed by atoms with Gasteiger partial charge in [0.1, 0.15) is 17.9 Å². The van der Waals surface area contributed by atoms with Crippen molar-refractivity contribution in [2.24, 2.45) is 4.99 Å². The molecule has 0 bridgehead atoms. The fourth-order valence-electron chi connectivity index (χ4n) is 2.85. The summed E-state index contributed by atoms with van der Waals surface area (Å²) in [5, 5.41) is 3.09. The number of halogens is 4. The first-order valence-electron chi connectivity index (χ1n) is 10.5. The van der Waals surface area contributed by atoms with E-state index >= 15 is 0 Å². The lowest BCUT2D eigenvalue weighted by molar-refractivity contribution is -0.137. The molecule has 178 valence electrons. The Balaban J connectivity index is 1.57. The Labute approximate surface area is 200 Å². The zero-order chi connectivity index (χ0) is 24.6. The van der Waals surface area contributed by atoms with Gasteiger partial charge in [-0.1, -0.05) is 31.7 Å². The molecular formula is C24H23ClF3N5O. The van der Waals surface area contributed by atoms with Crippen molar-refractivity contribution in [3.05, 3.63) is 72.2 Å². The van der Waals surface area contributed by atoms with E-state index in [0.29, 0.717) is 35.9 Å². The van der Waals surface area contributed by atoms with E-state index in [-0.39, 0.29) is 11.3 Å². The zero-order valence-corrected chi connectivity index (χ0v) is 19.1. The van der Waals surface area contributed by atoms with Gasteiger partial charge in [-0.15, -0.1) is 11.6 Å². The summed E-state index contributed by atoms with van der Waals surface area (Å²) in [5.41, 5.74) is 0.890. The molecular weight excluding hydrogens is 467 g/mol. The minimum absolute atomic E-state index is 0.0843. The maximum atomic E-state index is 12.6. The van der Waals surface area contributed by atoms with Gasteiger partial charge in [0.05, 0.1) is 16.5 Å². The van der Waals surface area contributed by atoms with Crippen molar-refractivity contribution in [1.82, 2.24) is 15.0 Å². The first-order chi connectivity index (χ1) is 16.3. The maximum Gasteiger partial charge on any atom is 0.417 e. The molecule has 0 amide bonds. The van der Waals surface area contributed by atoms with E-state index in [1.165, 1.54) is 12.4 Å². The minimum Gasteiger partial charge on any atom is -0.439 e. The number of hydrogen-bond acceptors (Lipinski definition) is 6. The molecule has 2 heterocycles. The van der Waals surface area contributed by atoms with Crippen LogP contribution in [0.5, 0.6) is 11.6 Å². The van der Waals surface area contributed by atoms with Crippen LogP contribution in [0.15, 0.2) is 60.5 Å². The second-order valence-electron chi connectivity index (χ2n) is 7.17. The number of nitrogens with one attached hydrogen (secondary N) is 1. The molecule has 3 aromatic rings. The van der Waals surface area contributed by atoms with Gasteiger partial charge in [-0.2, -0.15) is 13.2 Å². The summed E-state index contributed by atoms with van der Waals surface area (Å²) in [6.45, 7) is 6.38. The molecule has 1 aromatic carbocycles. The van der Waals surface area contributed by atoms with Crippen molar-refractivity contribution < 1.29 is 17.9 Å². The second kappa shape index (κ2) is 11.6. The molecule has 0 spiro atoms. The predicted octanol–water partition coefficient (Wildman–Crippen LogP) is 6.70. The fourth-order valence-corrected chi connectivity index (χ4v) is 2.91. The van der Waals surface area contributed by atoms with E-state index in [1.54, 1.807) is 24.4 Å². The second-order valence-corrected chi connectivity index (χ2v) is 7.73. The summed E-state index contributed by atoms with van der Waals surface area (Å²) < 4.78 is 43.4. The van der Waals surface area contributed by atoms with E-state index in [9.17, 15) is 13.2 Å². The van der Waals surface area contributed by atoms with E-state index in [0.717, 1.165) is 24.2 Å². The van der Waals surface area contributed by atoms with Crippen molar-refractivity contribution in [3.63, 3.8) is 0 Å². The molecule has 6 nitrogen and oxygen atoms in total. The van der Waals surface area contributed by atoms with Crippen LogP contribution in [0.3, 0.4) is 0 Å². The predicted molar refractivity (Wildman–Crippen MR) is 128 cm³/mol. The summed E-state index contributed by atoms with van der Waals surface area (Å²) in [5.74, 6) is 1.67. The van der Waals surface area contributed by atoms with Gasteiger partial charge in [0, 0.05) is 25.0 Å². The molecule has 1 unspecified atom stereocenters. The van der Waals surface area contributed by atoms with Gasteiger partial charge in [-0.25, -0.2) is 19.9 Å². The van der Waals surface area contributed by atoms with E-state index < -0.39 is 11.7 Å². The zero-order valence-electron chi connectivity index (χ0n) is 18.4. The molecule has 0 saturated carbocycles. The van der Waals surface area contributed by atoms with Crippen LogP contribution in [0.1, 0.15) is 30.0 Å². The van der Waals surface area contributed by atoms with E-state index in [1.807, 2.05) is 19.1 Å². The molecule has 0 aliphatic heterocycles. The van der Waals surface area contributed by atoms with Crippen molar-refractivity contribution in [1.29, 1.82) is 0 Å². The van der Waals surface area contributed by atoms with Gasteiger partial charge >= 0.3 is 6.18 Å². The topological polar surface area (TPSA) is 72.3 Å². The third kappa shape index (κ3) is 7.02. The number of benzene rings is 1. The molecule has 2 aromatic heterocycles. The standard InChI is InChI=1S/C24H23ClF3N5O/c1-3-18(25)14-31-23-20(4-2)22(32-15-33-23)29-12-11-16-5-8-19(9-6-16)34-21-10-7-17(13-30-21)24(26,27)28/h4-10,13-15,18H,2-3,11-12H2,1H3,(H,29,32,33). The third-order valence-corrected chi connectivity index (χ3v) is 5.15.